The van der Waals surface area contributed by atoms with Crippen LogP contribution in [0.5, 0.6) is 0 Å². The lowest BCUT2D eigenvalue weighted by molar-refractivity contribution is 0.0191. The van der Waals surface area contributed by atoms with E-state index >= 15 is 0 Å². The van der Waals surface area contributed by atoms with Crippen molar-refractivity contribution in [2.45, 2.75) is 0 Å². The fraction of sp³-hybridized carbons (Fsp3) is 1.00. The summed E-state index contributed by atoms with van der Waals surface area (Å²) in [5.74, 6) is 0. The maximum atomic E-state index is 10.5. The summed E-state index contributed by atoms with van der Waals surface area (Å²) in [6.07, 6.45) is -0.719. The lowest BCUT2D eigenvalue weighted by Gasteiger charge is -2.27. The average Bonchev–Trinajstić information content (AvgIpc) is 1.99. The third-order valence-corrected chi connectivity index (χ3v) is 2.63. The van der Waals surface area contributed by atoms with Crippen LogP contribution >= 0.6 is 7.60 Å². The molecule has 0 bridgehead atoms. The first-order chi connectivity index (χ1) is 5.39. The van der Waals surface area contributed by atoms with Gasteiger partial charge in [0, 0.05) is 0 Å². The normalized spacial score (nSPS) is 13.4. The van der Waals surface area contributed by atoms with E-state index in [4.69, 9.17) is 25.1 Å². The third-order valence-electron chi connectivity index (χ3n) is 1.55. The van der Waals surface area contributed by atoms with E-state index in [0.29, 0.717) is 0 Å². The van der Waals surface area contributed by atoms with E-state index in [1.807, 2.05) is 0 Å². The highest BCUT2D eigenvalue weighted by Gasteiger charge is 2.35. The van der Waals surface area contributed by atoms with Crippen molar-refractivity contribution in [3.05, 3.63) is 0 Å². The van der Waals surface area contributed by atoms with Crippen LogP contribution in [0.3, 0.4) is 0 Å². The molecule has 74 valence electrons. The summed E-state index contributed by atoms with van der Waals surface area (Å²) in [4.78, 5) is 17.0. The zero-order valence-electron chi connectivity index (χ0n) is 6.42. The van der Waals surface area contributed by atoms with E-state index in [0.717, 1.165) is 0 Å². The summed E-state index contributed by atoms with van der Waals surface area (Å²) in [5.41, 5.74) is -1.49. The van der Waals surface area contributed by atoms with Gasteiger partial charge in [0.05, 0.1) is 31.4 Å². The van der Waals surface area contributed by atoms with Crippen LogP contribution in [0.2, 0.25) is 0 Å². The molecule has 0 unspecified atom stereocenters. The summed E-state index contributed by atoms with van der Waals surface area (Å²) in [5, 5.41) is 26.0. The van der Waals surface area contributed by atoms with Gasteiger partial charge < -0.3 is 25.1 Å². The molecular weight excluding hydrogens is 187 g/mol. The van der Waals surface area contributed by atoms with Gasteiger partial charge in [0.1, 0.15) is 0 Å². The van der Waals surface area contributed by atoms with Crippen LogP contribution in [0.4, 0.5) is 0 Å². The van der Waals surface area contributed by atoms with Crippen LogP contribution in [-0.4, -0.2) is 51.1 Å². The van der Waals surface area contributed by atoms with Crippen molar-refractivity contribution in [2.24, 2.45) is 5.41 Å². The Balaban J connectivity index is 4.41. The van der Waals surface area contributed by atoms with Crippen molar-refractivity contribution in [1.82, 2.24) is 0 Å². The minimum atomic E-state index is -4.32. The van der Waals surface area contributed by atoms with Crippen molar-refractivity contribution >= 4 is 7.60 Å². The smallest absolute Gasteiger partial charge is 0.326 e. The van der Waals surface area contributed by atoms with Gasteiger partial charge in [-0.15, -0.1) is 0 Å². The van der Waals surface area contributed by atoms with Gasteiger partial charge in [0.15, 0.2) is 0 Å². The Hall–Kier alpha value is 0.0300. The van der Waals surface area contributed by atoms with Crippen LogP contribution in [-0.2, 0) is 4.57 Å². The van der Waals surface area contributed by atoms with Crippen molar-refractivity contribution in [3.63, 3.8) is 0 Å². The first-order valence-corrected chi connectivity index (χ1v) is 5.06. The topological polar surface area (TPSA) is 118 Å². The molecule has 0 radical (unpaired) electrons. The first-order valence-electron chi connectivity index (χ1n) is 3.26. The molecule has 0 aromatic heterocycles. The highest BCUT2D eigenvalue weighted by molar-refractivity contribution is 7.51. The van der Waals surface area contributed by atoms with Gasteiger partial charge in [0.2, 0.25) is 0 Å². The zero-order valence-corrected chi connectivity index (χ0v) is 7.31. The van der Waals surface area contributed by atoms with E-state index in [1.54, 1.807) is 0 Å². The monoisotopic (exact) mass is 200 g/mol. The Labute approximate surface area is 69.6 Å². The standard InChI is InChI=1S/C5H13O6P/c6-1-5(2-7,3-8)4-12(9,10)11/h6-8H,1-4H2,(H2,9,10,11). The minimum absolute atomic E-state index is 0.662. The Bertz CT molecular complexity index is 163. The Morgan fingerprint density at radius 1 is 1.00 bits per heavy atom. The number of aliphatic hydroxyl groups is 3. The molecular formula is C5H13O6P. The fourth-order valence-electron chi connectivity index (χ4n) is 0.737. The molecule has 6 nitrogen and oxygen atoms in total. The second-order valence-electron chi connectivity index (χ2n) is 2.80. The second-order valence-corrected chi connectivity index (χ2v) is 4.44. The SMILES string of the molecule is O=P(O)(O)CC(CO)(CO)CO. The van der Waals surface area contributed by atoms with Crippen LogP contribution in [0, 0.1) is 5.41 Å². The minimum Gasteiger partial charge on any atom is -0.396 e. The number of hydrogen-bond donors (Lipinski definition) is 5. The molecule has 0 aliphatic carbocycles. The fourth-order valence-corrected chi connectivity index (χ4v) is 1.91. The quantitative estimate of drug-likeness (QED) is 0.332. The molecule has 0 saturated heterocycles. The van der Waals surface area contributed by atoms with Gasteiger partial charge in [-0.3, -0.25) is 4.57 Å². The lowest BCUT2D eigenvalue weighted by Crippen LogP contribution is -2.37. The maximum Gasteiger partial charge on any atom is 0.326 e. The molecule has 7 heteroatoms. The number of hydrogen-bond acceptors (Lipinski definition) is 4. The van der Waals surface area contributed by atoms with Crippen molar-refractivity contribution in [1.29, 1.82) is 0 Å². The van der Waals surface area contributed by atoms with E-state index in [1.165, 1.54) is 0 Å². The van der Waals surface area contributed by atoms with Gasteiger partial charge in [-0.05, 0) is 0 Å². The van der Waals surface area contributed by atoms with Crippen LogP contribution in [0.1, 0.15) is 0 Å². The van der Waals surface area contributed by atoms with Crippen molar-refractivity contribution in [3.8, 4) is 0 Å². The summed E-state index contributed by atoms with van der Waals surface area (Å²) < 4.78 is 10.5. The maximum absolute atomic E-state index is 10.5. The summed E-state index contributed by atoms with van der Waals surface area (Å²) >= 11 is 0. The van der Waals surface area contributed by atoms with Crippen molar-refractivity contribution < 1.29 is 29.7 Å². The molecule has 0 amide bonds. The predicted octanol–water partition coefficient (Wildman–Crippen LogP) is -1.87. The molecule has 0 heterocycles. The number of aliphatic hydroxyl groups excluding tert-OH is 3. The van der Waals surface area contributed by atoms with Gasteiger partial charge in [-0.25, -0.2) is 0 Å². The Kier molecular flexibility index (Phi) is 4.33. The summed E-state index contributed by atoms with van der Waals surface area (Å²) in [6.45, 7) is -1.98. The molecule has 0 fully saturated rings. The molecule has 0 atom stereocenters. The Morgan fingerprint density at radius 2 is 1.33 bits per heavy atom. The van der Waals surface area contributed by atoms with E-state index < -0.39 is 39.0 Å². The highest BCUT2D eigenvalue weighted by Crippen LogP contribution is 2.41. The van der Waals surface area contributed by atoms with Crippen LogP contribution < -0.4 is 0 Å². The van der Waals surface area contributed by atoms with Crippen LogP contribution in [0.15, 0.2) is 0 Å². The number of rotatable bonds is 5. The molecule has 0 aromatic carbocycles. The summed E-state index contributed by atoms with van der Waals surface area (Å²) in [7, 11) is -4.32. The van der Waals surface area contributed by atoms with Crippen molar-refractivity contribution in [2.75, 3.05) is 26.0 Å². The van der Waals surface area contributed by atoms with E-state index in [2.05, 4.69) is 0 Å². The van der Waals surface area contributed by atoms with Crippen LogP contribution in [0.25, 0.3) is 0 Å². The molecule has 0 saturated carbocycles. The Morgan fingerprint density at radius 3 is 1.42 bits per heavy atom. The lowest BCUT2D eigenvalue weighted by atomic mass is 9.94. The van der Waals surface area contributed by atoms with Gasteiger partial charge in [-0.1, -0.05) is 0 Å². The second kappa shape index (κ2) is 4.32. The molecule has 0 rings (SSSR count). The highest BCUT2D eigenvalue weighted by atomic mass is 31.2. The molecule has 0 aliphatic rings. The molecule has 0 spiro atoms. The predicted molar refractivity (Wildman–Crippen MR) is 40.6 cm³/mol. The first kappa shape index (κ1) is 12.0. The molecule has 5 N–H and O–H groups in total. The largest absolute Gasteiger partial charge is 0.396 e. The average molecular weight is 200 g/mol. The van der Waals surface area contributed by atoms with Gasteiger partial charge in [0.25, 0.3) is 0 Å². The van der Waals surface area contributed by atoms with E-state index in [-0.39, 0.29) is 0 Å². The zero-order chi connectivity index (χ0) is 9.83. The summed E-state index contributed by atoms with van der Waals surface area (Å²) in [6, 6.07) is 0. The van der Waals surface area contributed by atoms with Gasteiger partial charge in [-0.2, -0.15) is 0 Å². The van der Waals surface area contributed by atoms with E-state index in [9.17, 15) is 4.57 Å². The molecule has 0 aliphatic heterocycles. The molecule has 0 aromatic rings. The molecule has 12 heavy (non-hydrogen) atoms. The third kappa shape index (κ3) is 3.62. The van der Waals surface area contributed by atoms with Gasteiger partial charge >= 0.3 is 7.60 Å².